The second-order valence-corrected chi connectivity index (χ2v) is 7.60. The molecule has 0 aliphatic carbocycles. The van der Waals surface area contributed by atoms with Crippen LogP contribution in [0.15, 0.2) is 30.3 Å². The molecule has 3 rings (SSSR count). The molecule has 9 heteroatoms. The number of hydrogen-bond acceptors (Lipinski definition) is 6. The maximum absolute atomic E-state index is 14.1. The van der Waals surface area contributed by atoms with E-state index in [4.69, 9.17) is 9.47 Å². The lowest BCUT2D eigenvalue weighted by Crippen LogP contribution is -2.36. The average molecular weight is 421 g/mol. The quantitative estimate of drug-likeness (QED) is 0.581. The van der Waals surface area contributed by atoms with Gasteiger partial charge in [0.1, 0.15) is 22.8 Å². The summed E-state index contributed by atoms with van der Waals surface area (Å²) < 4.78 is 38.5. The number of amides is 1. The van der Waals surface area contributed by atoms with Crippen molar-refractivity contribution in [3.05, 3.63) is 47.5 Å². The summed E-state index contributed by atoms with van der Waals surface area (Å²) in [5.74, 6) is -0.848. The fourth-order valence-corrected chi connectivity index (χ4v) is 3.76. The molecule has 0 radical (unpaired) electrons. The molecular weight excluding hydrogens is 400 g/mol. The lowest BCUT2D eigenvalue weighted by Gasteiger charge is -2.22. The first-order valence-electron chi connectivity index (χ1n) is 8.77. The highest BCUT2D eigenvalue weighted by Gasteiger charge is 2.23. The Kier molecular flexibility index (Phi) is 6.29. The third-order valence-electron chi connectivity index (χ3n) is 4.25. The molecular formula is C20H21F2N3O3S. The average Bonchev–Trinajstić information content (AvgIpc) is 3.11. The molecule has 0 aliphatic rings. The van der Waals surface area contributed by atoms with Crippen molar-refractivity contribution >= 4 is 32.6 Å². The fourth-order valence-electron chi connectivity index (χ4n) is 2.73. The maximum atomic E-state index is 14.1. The van der Waals surface area contributed by atoms with Crippen LogP contribution in [0, 0.1) is 11.6 Å². The van der Waals surface area contributed by atoms with Crippen LogP contribution in [-0.2, 0) is 0 Å². The largest absolute Gasteiger partial charge is 0.497 e. The number of likely N-dealkylation sites (N-methyl/N-ethyl adjacent to an activating group) is 1. The third-order valence-corrected chi connectivity index (χ3v) is 5.27. The van der Waals surface area contributed by atoms with E-state index >= 15 is 0 Å². The number of carbonyl (C=O) groups excluding carboxylic acids is 1. The number of fused-ring (bicyclic) bond motifs is 1. The summed E-state index contributed by atoms with van der Waals surface area (Å²) in [6.07, 6.45) is 0. The summed E-state index contributed by atoms with van der Waals surface area (Å²) in [7, 11) is 6.75. The Labute approximate surface area is 171 Å². The second-order valence-electron chi connectivity index (χ2n) is 6.59. The van der Waals surface area contributed by atoms with Gasteiger partial charge >= 0.3 is 0 Å². The number of carbonyl (C=O) groups is 1. The number of thiazole rings is 1. The van der Waals surface area contributed by atoms with Crippen molar-refractivity contribution in [3.63, 3.8) is 0 Å². The Balaban J connectivity index is 2.06. The standard InChI is InChI=1S/C20H21F2N3O3S/c1-24(2)5-6-25(19(26)12-7-14(27-3)11-15(8-12)28-4)20-23-18-16(22)9-13(21)10-17(18)29-20/h7-11H,5-6H2,1-4H3. The van der Waals surface area contributed by atoms with E-state index in [1.165, 1.54) is 25.2 Å². The molecule has 0 unspecified atom stereocenters. The molecule has 0 saturated carbocycles. The molecule has 0 aliphatic heterocycles. The Morgan fingerprint density at radius 2 is 1.69 bits per heavy atom. The molecule has 0 atom stereocenters. The van der Waals surface area contributed by atoms with Crippen molar-refractivity contribution < 1.29 is 23.0 Å². The van der Waals surface area contributed by atoms with Gasteiger partial charge in [0.2, 0.25) is 0 Å². The molecule has 3 aromatic rings. The van der Waals surface area contributed by atoms with Gasteiger partial charge in [0, 0.05) is 30.8 Å². The molecule has 29 heavy (non-hydrogen) atoms. The summed E-state index contributed by atoms with van der Waals surface area (Å²) in [6, 6.07) is 6.85. The van der Waals surface area contributed by atoms with Crippen LogP contribution in [0.5, 0.6) is 11.5 Å². The number of hydrogen-bond donors (Lipinski definition) is 0. The molecule has 0 spiro atoms. The van der Waals surface area contributed by atoms with E-state index in [0.29, 0.717) is 34.9 Å². The van der Waals surface area contributed by atoms with E-state index < -0.39 is 11.6 Å². The van der Waals surface area contributed by atoms with Crippen LogP contribution in [0.3, 0.4) is 0 Å². The Hall–Kier alpha value is -2.78. The van der Waals surface area contributed by atoms with Crippen LogP contribution in [-0.4, -0.2) is 57.2 Å². The summed E-state index contributed by atoms with van der Waals surface area (Å²) in [4.78, 5) is 21.0. The van der Waals surface area contributed by atoms with Gasteiger partial charge in [-0.05, 0) is 32.3 Å². The lowest BCUT2D eigenvalue weighted by molar-refractivity contribution is 0.0984. The van der Waals surface area contributed by atoms with Crippen molar-refractivity contribution in [2.75, 3.05) is 46.3 Å². The first-order valence-corrected chi connectivity index (χ1v) is 9.59. The van der Waals surface area contributed by atoms with Crippen molar-refractivity contribution in [2.45, 2.75) is 0 Å². The Morgan fingerprint density at radius 3 is 2.28 bits per heavy atom. The zero-order valence-corrected chi connectivity index (χ0v) is 17.3. The number of aromatic nitrogens is 1. The smallest absolute Gasteiger partial charge is 0.260 e. The number of benzene rings is 2. The van der Waals surface area contributed by atoms with Crippen molar-refractivity contribution in [3.8, 4) is 11.5 Å². The van der Waals surface area contributed by atoms with Gasteiger partial charge in [0.15, 0.2) is 10.9 Å². The number of ether oxygens (including phenoxy) is 2. The van der Waals surface area contributed by atoms with Crippen molar-refractivity contribution in [1.29, 1.82) is 0 Å². The SMILES string of the molecule is COc1cc(OC)cc(C(=O)N(CCN(C)C)c2nc3c(F)cc(F)cc3s2)c1. The normalized spacial score (nSPS) is 11.1. The number of anilines is 1. The van der Waals surface area contributed by atoms with E-state index in [0.717, 1.165) is 17.4 Å². The van der Waals surface area contributed by atoms with E-state index in [1.54, 1.807) is 18.2 Å². The minimum absolute atomic E-state index is 0.0391. The minimum atomic E-state index is -0.759. The van der Waals surface area contributed by atoms with Crippen LogP contribution < -0.4 is 14.4 Å². The summed E-state index contributed by atoms with van der Waals surface area (Å²) in [5, 5.41) is 0.290. The van der Waals surface area contributed by atoms with Gasteiger partial charge in [-0.2, -0.15) is 0 Å². The van der Waals surface area contributed by atoms with Crippen LogP contribution in [0.1, 0.15) is 10.4 Å². The molecule has 6 nitrogen and oxygen atoms in total. The molecule has 0 N–H and O–H groups in total. The lowest BCUT2D eigenvalue weighted by atomic mass is 10.1. The van der Waals surface area contributed by atoms with Gasteiger partial charge in [-0.3, -0.25) is 9.69 Å². The number of rotatable bonds is 7. The van der Waals surface area contributed by atoms with Gasteiger partial charge in [0.05, 0.1) is 18.9 Å². The molecule has 154 valence electrons. The Morgan fingerprint density at radius 1 is 1.03 bits per heavy atom. The highest BCUT2D eigenvalue weighted by atomic mass is 32.1. The van der Waals surface area contributed by atoms with Gasteiger partial charge in [-0.15, -0.1) is 0 Å². The Bertz CT molecular complexity index is 1020. The van der Waals surface area contributed by atoms with E-state index in [-0.39, 0.29) is 16.6 Å². The van der Waals surface area contributed by atoms with Crippen LogP contribution in [0.4, 0.5) is 13.9 Å². The van der Waals surface area contributed by atoms with E-state index in [9.17, 15) is 13.6 Å². The zero-order valence-electron chi connectivity index (χ0n) is 16.5. The highest BCUT2D eigenvalue weighted by Crippen LogP contribution is 2.32. The first-order chi connectivity index (χ1) is 13.8. The van der Waals surface area contributed by atoms with Crippen LogP contribution in [0.25, 0.3) is 10.2 Å². The maximum Gasteiger partial charge on any atom is 0.260 e. The predicted octanol–water partition coefficient (Wildman–Crippen LogP) is 3.80. The van der Waals surface area contributed by atoms with Gasteiger partial charge in [-0.1, -0.05) is 11.3 Å². The van der Waals surface area contributed by atoms with Gasteiger partial charge in [0.25, 0.3) is 5.91 Å². The second kappa shape index (κ2) is 8.71. The number of halogens is 2. The highest BCUT2D eigenvalue weighted by molar-refractivity contribution is 7.22. The van der Waals surface area contributed by atoms with Gasteiger partial charge in [-0.25, -0.2) is 13.8 Å². The predicted molar refractivity (Wildman–Crippen MR) is 109 cm³/mol. The van der Waals surface area contributed by atoms with Crippen LogP contribution >= 0.6 is 11.3 Å². The van der Waals surface area contributed by atoms with Crippen molar-refractivity contribution in [1.82, 2.24) is 9.88 Å². The summed E-state index contributed by atoms with van der Waals surface area (Å²) in [6.45, 7) is 0.870. The molecule has 2 aromatic carbocycles. The molecule has 1 aromatic heterocycles. The number of methoxy groups -OCH3 is 2. The first kappa shape index (κ1) is 20.9. The van der Waals surface area contributed by atoms with Crippen molar-refractivity contribution in [2.24, 2.45) is 0 Å². The van der Waals surface area contributed by atoms with Crippen LogP contribution in [0.2, 0.25) is 0 Å². The molecule has 0 fully saturated rings. The number of nitrogens with zero attached hydrogens (tertiary/aromatic N) is 3. The molecule has 1 heterocycles. The monoisotopic (exact) mass is 421 g/mol. The minimum Gasteiger partial charge on any atom is -0.497 e. The van der Waals surface area contributed by atoms with E-state index in [2.05, 4.69) is 4.98 Å². The fraction of sp³-hybridized carbons (Fsp3) is 0.300. The zero-order chi connectivity index (χ0) is 21.1. The van der Waals surface area contributed by atoms with Gasteiger partial charge < -0.3 is 14.4 Å². The molecule has 0 bridgehead atoms. The van der Waals surface area contributed by atoms with E-state index in [1.807, 2.05) is 19.0 Å². The summed E-state index contributed by atoms with van der Waals surface area (Å²) >= 11 is 1.06. The molecule has 0 saturated heterocycles. The summed E-state index contributed by atoms with van der Waals surface area (Å²) in [5.41, 5.74) is 0.378. The third kappa shape index (κ3) is 4.63. The topological polar surface area (TPSA) is 54.9 Å². The molecule has 1 amide bonds.